The Morgan fingerprint density at radius 1 is 0.721 bits per heavy atom. The minimum absolute atomic E-state index is 0.0439. The lowest BCUT2D eigenvalue weighted by Crippen LogP contribution is -2.32. The minimum Gasteiger partial charge on any atom is -0.494 e. The van der Waals surface area contributed by atoms with E-state index in [1.807, 2.05) is 27.8 Å². The summed E-state index contributed by atoms with van der Waals surface area (Å²) in [6.07, 6.45) is 10.8. The summed E-state index contributed by atoms with van der Waals surface area (Å²) < 4.78 is 15.3. The molecule has 21 heteroatoms. The highest BCUT2D eigenvalue weighted by Crippen LogP contribution is 2.33. The van der Waals surface area contributed by atoms with Gasteiger partial charge >= 0.3 is 0 Å². The van der Waals surface area contributed by atoms with Gasteiger partial charge in [-0.1, -0.05) is 39.0 Å². The molecule has 0 aliphatic carbocycles. The molecule has 0 atom stereocenters. The number of benzene rings is 2. The monoisotopic (exact) mass is 939 g/mol. The molecule has 366 valence electrons. The maximum atomic E-state index is 13.7. The summed E-state index contributed by atoms with van der Waals surface area (Å²) in [5, 5.41) is 5.65. The molecule has 0 saturated heterocycles. The highest BCUT2D eigenvalue weighted by atomic mass is 16.5. The average molecular weight is 939 g/mol. The molecular formula is C47H66N14O7. The first kappa shape index (κ1) is 54.5. The minimum atomic E-state index is -0.729. The number of ether oxygens (including phenoxy) is 2. The molecule has 2 aromatic carbocycles. The van der Waals surface area contributed by atoms with E-state index in [9.17, 15) is 24.0 Å². The number of fused-ring (bicyclic) bond motifs is 2. The number of amides is 5. The SMILES string of the molecule is CC.CCN=C(/C=C(/C)N)C(=O)Nc1nc2cc(C(N)=O)cc(OC)c2n1C/C=C/Cn1c(NC(=O)C(/C=C(/C)N)=NCC)nc2cc(C(N)=O)cc(OC/C=C\CN(C=O)CCN(C)CC)c21. The van der Waals surface area contributed by atoms with Gasteiger partial charge in [0.15, 0.2) is 0 Å². The number of carbonyl (C=O) groups excluding carboxylic acids is 5. The molecule has 4 rings (SSSR count). The summed E-state index contributed by atoms with van der Waals surface area (Å²) in [6.45, 7) is 16.2. The molecule has 0 spiro atoms. The fourth-order valence-corrected chi connectivity index (χ4v) is 6.45. The predicted molar refractivity (Wildman–Crippen MR) is 268 cm³/mol. The summed E-state index contributed by atoms with van der Waals surface area (Å²) >= 11 is 0. The van der Waals surface area contributed by atoms with Crippen molar-refractivity contribution in [2.75, 3.05) is 70.7 Å². The standard InChI is InChI=1S/C45H60N14O7.C2H6/c1-8-50-34(21-28(4)46)42(63)54-44-52-32-23-30(40(48)61)25-36(65-7)38(32)58(44)16-11-12-17-59-39-33(53-45(59)55-43(64)35(51-9-2)22-29(5)47)24-31(41(49)62)26-37(39)66-20-14-13-15-57(27-60)19-18-56(6)10-3;1-2/h11-14,21-27H,8-10,15-20,46-47H2,1-7H3,(H2,48,61)(H2,49,62)(H,52,54,63)(H,53,55,64);1-2H3/b12-11+,14-13-,28-21-,29-22-,50-34?,51-35?;. The lowest BCUT2D eigenvalue weighted by molar-refractivity contribution is -0.118. The van der Waals surface area contributed by atoms with E-state index in [0.29, 0.717) is 60.7 Å². The Hall–Kier alpha value is -7.81. The maximum absolute atomic E-state index is 13.7. The van der Waals surface area contributed by atoms with E-state index in [4.69, 9.17) is 37.4 Å². The molecule has 0 fully saturated rings. The van der Waals surface area contributed by atoms with Crippen LogP contribution < -0.4 is 43.0 Å². The van der Waals surface area contributed by atoms with Crippen LogP contribution in [-0.2, 0) is 27.5 Å². The van der Waals surface area contributed by atoms with Crippen molar-refractivity contribution in [3.05, 3.63) is 83.2 Å². The van der Waals surface area contributed by atoms with Gasteiger partial charge in [-0.3, -0.25) is 44.6 Å². The van der Waals surface area contributed by atoms with Gasteiger partial charge in [-0.25, -0.2) is 9.97 Å². The van der Waals surface area contributed by atoms with Gasteiger partial charge in [-0.15, -0.1) is 0 Å². The third-order valence-corrected chi connectivity index (χ3v) is 9.75. The molecule has 0 bridgehead atoms. The number of aromatic nitrogens is 4. The molecular weight excluding hydrogens is 873 g/mol. The second-order valence-electron chi connectivity index (χ2n) is 14.9. The van der Waals surface area contributed by atoms with E-state index in [1.165, 1.54) is 43.5 Å². The molecule has 0 unspecified atom stereocenters. The van der Waals surface area contributed by atoms with E-state index in [2.05, 4.69) is 30.5 Å². The Kier molecular flexibility index (Phi) is 21.6. The van der Waals surface area contributed by atoms with Crippen molar-refractivity contribution in [3.8, 4) is 11.5 Å². The zero-order chi connectivity index (χ0) is 50.5. The highest BCUT2D eigenvalue weighted by molar-refractivity contribution is 6.47. The second kappa shape index (κ2) is 27.0. The van der Waals surface area contributed by atoms with E-state index in [1.54, 1.807) is 66.0 Å². The number of hydrogen-bond donors (Lipinski definition) is 6. The van der Waals surface area contributed by atoms with Crippen molar-refractivity contribution in [1.29, 1.82) is 0 Å². The first-order chi connectivity index (χ1) is 32.5. The quantitative estimate of drug-likeness (QED) is 0.0315. The number of aliphatic imine (C=N–C) groups is 2. The number of nitrogens with zero attached hydrogens (tertiary/aromatic N) is 8. The van der Waals surface area contributed by atoms with E-state index < -0.39 is 23.6 Å². The summed E-state index contributed by atoms with van der Waals surface area (Å²) in [5.74, 6) is -1.91. The number of imidazole rings is 2. The lowest BCUT2D eigenvalue weighted by atomic mass is 10.1. The van der Waals surface area contributed by atoms with Crippen LogP contribution in [-0.4, -0.2) is 130 Å². The van der Waals surface area contributed by atoms with Crippen molar-refractivity contribution >= 4 is 75.4 Å². The number of nitrogens with one attached hydrogen (secondary N) is 2. The molecule has 0 aliphatic heterocycles. The Bertz CT molecular complexity index is 2610. The van der Waals surface area contributed by atoms with Gasteiger partial charge in [0.05, 0.1) is 18.1 Å². The van der Waals surface area contributed by atoms with Crippen molar-refractivity contribution in [2.24, 2.45) is 32.9 Å². The number of anilines is 2. The molecule has 68 heavy (non-hydrogen) atoms. The molecule has 2 aromatic heterocycles. The normalized spacial score (nSPS) is 12.4. The van der Waals surface area contributed by atoms with Crippen LogP contribution in [0, 0.1) is 0 Å². The van der Waals surface area contributed by atoms with Crippen molar-refractivity contribution in [2.45, 2.75) is 61.6 Å². The highest BCUT2D eigenvalue weighted by Gasteiger charge is 2.23. The number of allylic oxidation sites excluding steroid dienone is 4. The van der Waals surface area contributed by atoms with Crippen LogP contribution in [0.2, 0.25) is 0 Å². The van der Waals surface area contributed by atoms with Crippen LogP contribution in [0.4, 0.5) is 11.9 Å². The zero-order valence-corrected chi connectivity index (χ0v) is 40.5. The molecule has 0 aliphatic rings. The number of nitrogens with two attached hydrogens (primary N) is 4. The summed E-state index contributed by atoms with van der Waals surface area (Å²) in [6, 6.07) is 5.96. The third kappa shape index (κ3) is 15.1. The van der Waals surface area contributed by atoms with E-state index >= 15 is 0 Å². The molecule has 2 heterocycles. The van der Waals surface area contributed by atoms with Gasteiger partial charge in [0.1, 0.15) is 40.6 Å². The first-order valence-corrected chi connectivity index (χ1v) is 22.2. The molecule has 5 amide bonds. The summed E-state index contributed by atoms with van der Waals surface area (Å²) in [7, 11) is 3.41. The van der Waals surface area contributed by atoms with Gasteiger partial charge in [0.2, 0.25) is 30.1 Å². The van der Waals surface area contributed by atoms with Crippen LogP contribution in [0.15, 0.2) is 82.1 Å². The number of methoxy groups -OCH3 is 1. The first-order valence-electron chi connectivity index (χ1n) is 22.2. The molecule has 0 saturated carbocycles. The van der Waals surface area contributed by atoms with Crippen LogP contribution >= 0.6 is 0 Å². The predicted octanol–water partition coefficient (Wildman–Crippen LogP) is 3.74. The maximum Gasteiger partial charge on any atom is 0.276 e. The molecule has 21 nitrogen and oxygen atoms in total. The fraction of sp³-hybridized carbons (Fsp3) is 0.383. The Morgan fingerprint density at radius 3 is 1.60 bits per heavy atom. The Morgan fingerprint density at radius 2 is 1.19 bits per heavy atom. The molecule has 10 N–H and O–H groups in total. The number of primary amides is 2. The largest absolute Gasteiger partial charge is 0.494 e. The van der Waals surface area contributed by atoms with Crippen LogP contribution in [0.25, 0.3) is 22.1 Å². The van der Waals surface area contributed by atoms with Gasteiger partial charge in [-0.05, 0) is 83.8 Å². The van der Waals surface area contributed by atoms with Crippen molar-refractivity contribution < 1.29 is 33.4 Å². The van der Waals surface area contributed by atoms with Gasteiger partial charge in [0.25, 0.3) is 11.8 Å². The Balaban J connectivity index is 0.00000604. The topological polar surface area (TPSA) is 299 Å². The number of hydrogen-bond acceptors (Lipinski definition) is 14. The van der Waals surface area contributed by atoms with Crippen molar-refractivity contribution in [3.63, 3.8) is 0 Å². The Labute approximate surface area is 396 Å². The number of carbonyl (C=O) groups is 5. The van der Waals surface area contributed by atoms with Crippen LogP contribution in [0.5, 0.6) is 11.5 Å². The smallest absolute Gasteiger partial charge is 0.276 e. The van der Waals surface area contributed by atoms with Gasteiger partial charge < -0.3 is 51.3 Å². The van der Waals surface area contributed by atoms with Crippen LogP contribution in [0.3, 0.4) is 0 Å². The van der Waals surface area contributed by atoms with Crippen LogP contribution in [0.1, 0.15) is 69.2 Å². The second-order valence-corrected chi connectivity index (χ2v) is 14.9. The van der Waals surface area contributed by atoms with E-state index in [0.717, 1.165) is 13.0 Å². The zero-order valence-electron chi connectivity index (χ0n) is 40.5. The van der Waals surface area contributed by atoms with Gasteiger partial charge in [-0.2, -0.15) is 0 Å². The fourth-order valence-electron chi connectivity index (χ4n) is 6.45. The van der Waals surface area contributed by atoms with E-state index in [-0.39, 0.29) is 71.2 Å². The molecule has 4 aromatic rings. The average Bonchev–Trinajstić information content (AvgIpc) is 3.84. The summed E-state index contributed by atoms with van der Waals surface area (Å²) in [4.78, 5) is 85.4. The lowest BCUT2D eigenvalue weighted by Gasteiger charge is -2.19. The summed E-state index contributed by atoms with van der Waals surface area (Å²) in [5.41, 5.74) is 25.8. The molecule has 0 radical (unpaired) electrons. The van der Waals surface area contributed by atoms with Crippen molar-refractivity contribution in [1.82, 2.24) is 28.9 Å². The third-order valence-electron chi connectivity index (χ3n) is 9.75. The number of likely N-dealkylation sites (N-methyl/N-ethyl adjacent to an activating group) is 1. The number of rotatable bonds is 25. The van der Waals surface area contributed by atoms with Gasteiger partial charge in [0, 0.05) is 68.3 Å².